The molecule has 30 heavy (non-hydrogen) atoms. The maximum atomic E-state index is 13.1. The van der Waals surface area contributed by atoms with Gasteiger partial charge in [-0.3, -0.25) is 4.79 Å². The van der Waals surface area contributed by atoms with Crippen LogP contribution in [0.15, 0.2) is 56.2 Å². The van der Waals surface area contributed by atoms with E-state index in [0.717, 1.165) is 10.4 Å². The average molecular weight is 457 g/mol. The second-order valence-corrected chi connectivity index (χ2v) is 9.49. The maximum absolute atomic E-state index is 13.1. The normalized spacial score (nSPS) is 11.4. The molecule has 5 aromatic rings. The highest BCUT2D eigenvalue weighted by molar-refractivity contribution is 7.98. The maximum Gasteiger partial charge on any atom is 0.277 e. The first-order valence-electron chi connectivity index (χ1n) is 8.86. The number of aryl methyl sites for hydroxylation is 1. The highest BCUT2D eigenvalue weighted by Gasteiger charge is 2.15. The molecule has 0 saturated carbocycles. The third kappa shape index (κ3) is 3.69. The van der Waals surface area contributed by atoms with E-state index in [4.69, 9.17) is 4.42 Å². The van der Waals surface area contributed by atoms with Crippen LogP contribution in [-0.2, 0) is 5.75 Å². The number of hydrogen-bond acceptors (Lipinski definition) is 8. The zero-order valence-electron chi connectivity index (χ0n) is 15.5. The number of thioether (sulfide) groups is 1. The van der Waals surface area contributed by atoms with Crippen LogP contribution in [0.5, 0.6) is 0 Å². The number of fused-ring (bicyclic) bond motifs is 1. The summed E-state index contributed by atoms with van der Waals surface area (Å²) in [6.45, 7) is 2.04. The van der Waals surface area contributed by atoms with Crippen LogP contribution in [0.3, 0.4) is 0 Å². The monoisotopic (exact) mass is 456 g/mol. The van der Waals surface area contributed by atoms with E-state index in [2.05, 4.69) is 20.2 Å². The number of halogens is 1. The van der Waals surface area contributed by atoms with E-state index in [1.165, 1.54) is 40.1 Å². The van der Waals surface area contributed by atoms with Crippen molar-refractivity contribution in [3.05, 3.63) is 68.7 Å². The Morgan fingerprint density at radius 1 is 1.17 bits per heavy atom. The number of nitrogens with zero attached hydrogens (tertiary/aromatic N) is 3. The van der Waals surface area contributed by atoms with Crippen LogP contribution < -0.4 is 5.56 Å². The molecule has 0 amide bonds. The summed E-state index contributed by atoms with van der Waals surface area (Å²) in [7, 11) is 0. The van der Waals surface area contributed by atoms with E-state index in [1.54, 1.807) is 23.5 Å². The van der Waals surface area contributed by atoms with Crippen molar-refractivity contribution >= 4 is 44.7 Å². The molecule has 0 fully saturated rings. The van der Waals surface area contributed by atoms with Gasteiger partial charge < -0.3 is 9.40 Å². The summed E-state index contributed by atoms with van der Waals surface area (Å²) in [4.78, 5) is 23.1. The summed E-state index contributed by atoms with van der Waals surface area (Å²) in [6.07, 6.45) is 0. The minimum atomic E-state index is -0.329. The molecule has 0 bridgehead atoms. The topological polar surface area (TPSA) is 84.7 Å². The first-order chi connectivity index (χ1) is 14.6. The number of aromatic amines is 1. The Labute approximate surface area is 181 Å². The average Bonchev–Trinajstić information content (AvgIpc) is 3.46. The van der Waals surface area contributed by atoms with Crippen LogP contribution in [0.2, 0.25) is 0 Å². The van der Waals surface area contributed by atoms with E-state index >= 15 is 0 Å². The number of hydrogen-bond donors (Lipinski definition) is 1. The van der Waals surface area contributed by atoms with Crippen molar-refractivity contribution in [1.29, 1.82) is 0 Å². The lowest BCUT2D eigenvalue weighted by atomic mass is 10.2. The zero-order chi connectivity index (χ0) is 20.7. The lowest BCUT2D eigenvalue weighted by Crippen LogP contribution is -2.10. The van der Waals surface area contributed by atoms with Crippen molar-refractivity contribution in [2.45, 2.75) is 17.9 Å². The van der Waals surface area contributed by atoms with Crippen LogP contribution in [0.25, 0.3) is 32.1 Å². The number of benzene rings is 1. The van der Waals surface area contributed by atoms with Gasteiger partial charge in [0, 0.05) is 26.3 Å². The molecule has 0 aliphatic heterocycles. The highest BCUT2D eigenvalue weighted by atomic mass is 32.2. The number of H-pyrrole nitrogens is 1. The van der Waals surface area contributed by atoms with Gasteiger partial charge in [0.25, 0.3) is 10.8 Å². The largest absolute Gasteiger partial charge is 0.411 e. The van der Waals surface area contributed by atoms with Gasteiger partial charge in [-0.15, -0.1) is 32.9 Å². The lowest BCUT2D eigenvalue weighted by molar-refractivity contribution is 0.465. The van der Waals surface area contributed by atoms with Gasteiger partial charge in [-0.1, -0.05) is 11.8 Å². The van der Waals surface area contributed by atoms with E-state index < -0.39 is 0 Å². The molecular formula is C20H13FN4O2S3. The highest BCUT2D eigenvalue weighted by Crippen LogP contribution is 2.35. The Balaban J connectivity index is 1.36. The fourth-order valence-corrected chi connectivity index (χ4v) is 5.49. The van der Waals surface area contributed by atoms with Gasteiger partial charge in [0.2, 0.25) is 5.89 Å². The lowest BCUT2D eigenvalue weighted by Gasteiger charge is -2.00. The Bertz CT molecular complexity index is 1400. The van der Waals surface area contributed by atoms with Crippen molar-refractivity contribution < 1.29 is 8.81 Å². The molecule has 10 heteroatoms. The first-order valence-corrected chi connectivity index (χ1v) is 11.5. The standard InChI is InChI=1S/C20H13FN4O2S3/c1-10-2-7-14(30-10)13-8-28-19-16(13)17(26)22-15(23-19)9-29-20-25-24-18(27-20)11-3-5-12(21)6-4-11/h2-8H,9H2,1H3,(H,22,23,26). The van der Waals surface area contributed by atoms with Crippen LogP contribution in [-0.4, -0.2) is 20.2 Å². The van der Waals surface area contributed by atoms with Crippen molar-refractivity contribution in [2.75, 3.05) is 0 Å². The van der Waals surface area contributed by atoms with Gasteiger partial charge in [-0.25, -0.2) is 9.37 Å². The van der Waals surface area contributed by atoms with Crippen LogP contribution >= 0.6 is 34.4 Å². The SMILES string of the molecule is Cc1ccc(-c2csc3nc(CSc4nnc(-c5ccc(F)cc5)o4)[nH]c(=O)c23)s1. The van der Waals surface area contributed by atoms with Gasteiger partial charge in [0.15, 0.2) is 0 Å². The van der Waals surface area contributed by atoms with Gasteiger partial charge in [-0.2, -0.15) is 0 Å². The number of nitrogens with one attached hydrogen (secondary N) is 1. The van der Waals surface area contributed by atoms with Crippen LogP contribution in [0, 0.1) is 12.7 Å². The minimum Gasteiger partial charge on any atom is -0.411 e. The van der Waals surface area contributed by atoms with Gasteiger partial charge >= 0.3 is 0 Å². The summed E-state index contributed by atoms with van der Waals surface area (Å²) in [6, 6.07) is 9.90. The third-order valence-corrected chi connectivity index (χ3v) is 7.06. The molecule has 0 atom stereocenters. The fraction of sp³-hybridized carbons (Fsp3) is 0.100. The Kier molecular flexibility index (Phi) is 4.97. The first kappa shape index (κ1) is 19.2. The molecule has 150 valence electrons. The molecule has 0 unspecified atom stereocenters. The van der Waals surface area contributed by atoms with Crippen molar-refractivity contribution in [1.82, 2.24) is 20.2 Å². The number of aromatic nitrogens is 4. The molecule has 1 aromatic carbocycles. The van der Waals surface area contributed by atoms with E-state index in [9.17, 15) is 9.18 Å². The predicted octanol–water partition coefficient (Wildman–Crippen LogP) is 5.50. The molecule has 0 aliphatic carbocycles. The quantitative estimate of drug-likeness (QED) is 0.351. The predicted molar refractivity (Wildman–Crippen MR) is 118 cm³/mol. The number of rotatable bonds is 5. The molecule has 5 rings (SSSR count). The summed E-state index contributed by atoms with van der Waals surface area (Å²) in [5.41, 5.74) is 1.40. The smallest absolute Gasteiger partial charge is 0.277 e. The fourth-order valence-electron chi connectivity index (χ4n) is 2.93. The molecule has 0 aliphatic rings. The zero-order valence-corrected chi connectivity index (χ0v) is 18.0. The molecule has 1 N–H and O–H groups in total. The van der Waals surface area contributed by atoms with E-state index in [-0.39, 0.29) is 11.4 Å². The van der Waals surface area contributed by atoms with Crippen molar-refractivity contribution in [3.63, 3.8) is 0 Å². The summed E-state index contributed by atoms with van der Waals surface area (Å²) in [5.74, 6) is 0.893. The van der Waals surface area contributed by atoms with Gasteiger partial charge in [0.1, 0.15) is 16.5 Å². The van der Waals surface area contributed by atoms with E-state index in [1.807, 2.05) is 24.4 Å². The second kappa shape index (κ2) is 7.78. The molecule has 0 spiro atoms. The van der Waals surface area contributed by atoms with Crippen molar-refractivity contribution in [2.24, 2.45) is 0 Å². The molecule has 0 saturated heterocycles. The number of thiophene rings is 2. The van der Waals surface area contributed by atoms with Crippen LogP contribution in [0.1, 0.15) is 10.7 Å². The minimum absolute atomic E-state index is 0.157. The molecule has 4 aromatic heterocycles. The molecule has 0 radical (unpaired) electrons. The molecular weight excluding hydrogens is 443 g/mol. The third-order valence-electron chi connectivity index (χ3n) is 4.33. The summed E-state index contributed by atoms with van der Waals surface area (Å²) >= 11 is 4.39. The van der Waals surface area contributed by atoms with Gasteiger partial charge in [0.05, 0.1) is 11.1 Å². The van der Waals surface area contributed by atoms with Crippen molar-refractivity contribution in [3.8, 4) is 21.9 Å². The summed E-state index contributed by atoms with van der Waals surface area (Å²) < 4.78 is 18.7. The van der Waals surface area contributed by atoms with Crippen LogP contribution in [0.4, 0.5) is 4.39 Å². The summed E-state index contributed by atoms with van der Waals surface area (Å²) in [5, 5.41) is 10.9. The van der Waals surface area contributed by atoms with Gasteiger partial charge in [-0.05, 0) is 43.3 Å². The molecule has 6 nitrogen and oxygen atoms in total. The Morgan fingerprint density at radius 2 is 2.00 bits per heavy atom. The second-order valence-electron chi connectivity index (χ2n) is 6.42. The Hall–Kier alpha value is -2.82. The Morgan fingerprint density at radius 3 is 2.77 bits per heavy atom. The molecule has 4 heterocycles. The van der Waals surface area contributed by atoms with E-state index in [0.29, 0.717) is 38.5 Å².